The Morgan fingerprint density at radius 3 is 2.65 bits per heavy atom. The molecule has 23 heavy (non-hydrogen) atoms. The lowest BCUT2D eigenvalue weighted by Gasteiger charge is -2.36. The summed E-state index contributed by atoms with van der Waals surface area (Å²) < 4.78 is 18.8. The van der Waals surface area contributed by atoms with Gasteiger partial charge in [0.1, 0.15) is 5.82 Å². The van der Waals surface area contributed by atoms with Crippen LogP contribution in [0.5, 0.6) is 0 Å². The second kappa shape index (κ2) is 8.40. The summed E-state index contributed by atoms with van der Waals surface area (Å²) in [5.41, 5.74) is 0.858. The molecule has 0 spiro atoms. The Morgan fingerprint density at radius 1 is 1.39 bits per heavy atom. The molecule has 0 bridgehead atoms. The van der Waals surface area contributed by atoms with Crippen molar-refractivity contribution in [2.45, 2.75) is 38.7 Å². The lowest BCUT2D eigenvalue weighted by Crippen LogP contribution is -2.49. The number of hydrogen-bond donors (Lipinski definition) is 1. The van der Waals surface area contributed by atoms with E-state index >= 15 is 0 Å². The fraction of sp³-hybridized carbons (Fsp3) is 0.647. The minimum absolute atomic E-state index is 0.196. The van der Waals surface area contributed by atoms with E-state index in [0.717, 1.165) is 18.7 Å². The molecule has 1 aliphatic heterocycles. The van der Waals surface area contributed by atoms with Gasteiger partial charge in [-0.3, -0.25) is 9.80 Å². The molecule has 1 fully saturated rings. The number of aliphatic hydroxyl groups is 1. The molecule has 6 heteroatoms. The lowest BCUT2D eigenvalue weighted by molar-refractivity contribution is -0.0777. The smallest absolute Gasteiger partial charge is 0.124 e. The highest BCUT2D eigenvalue weighted by atomic mass is 35.5. The molecule has 1 saturated heterocycles. The maximum absolute atomic E-state index is 13.1. The first-order chi connectivity index (χ1) is 10.8. The summed E-state index contributed by atoms with van der Waals surface area (Å²) in [6.45, 7) is 7.53. The molecule has 0 amide bonds. The number of nitrogens with zero attached hydrogens (tertiary/aromatic N) is 2. The van der Waals surface area contributed by atoms with E-state index in [4.69, 9.17) is 16.3 Å². The maximum atomic E-state index is 13.1. The monoisotopic (exact) mass is 344 g/mol. The molecule has 1 N–H and O–H groups in total. The van der Waals surface area contributed by atoms with Crippen LogP contribution in [-0.2, 0) is 11.3 Å². The Bertz CT molecular complexity index is 507. The van der Waals surface area contributed by atoms with E-state index in [9.17, 15) is 9.50 Å². The van der Waals surface area contributed by atoms with Crippen molar-refractivity contribution in [3.63, 3.8) is 0 Å². The molecule has 1 heterocycles. The SMILES string of the molecule is CC1CN(CC(O)CN(C)Cc2ccc(F)cc2Cl)CC(C)O1. The van der Waals surface area contributed by atoms with Gasteiger partial charge in [-0.25, -0.2) is 4.39 Å². The predicted molar refractivity (Wildman–Crippen MR) is 90.2 cm³/mol. The number of β-amino-alcohol motifs (C(OH)–C–C–N with tert-alkyl or cyclic N) is 1. The van der Waals surface area contributed by atoms with Gasteiger partial charge in [0, 0.05) is 37.7 Å². The average molecular weight is 345 g/mol. The molecule has 0 aromatic heterocycles. The molecule has 3 unspecified atom stereocenters. The number of likely N-dealkylation sites (N-methyl/N-ethyl adjacent to an activating group) is 1. The molecule has 1 aliphatic rings. The molecule has 0 saturated carbocycles. The average Bonchev–Trinajstić information content (AvgIpc) is 2.40. The van der Waals surface area contributed by atoms with Crippen LogP contribution in [-0.4, -0.2) is 66.4 Å². The van der Waals surface area contributed by atoms with Crippen LogP contribution in [0.15, 0.2) is 18.2 Å². The highest BCUT2D eigenvalue weighted by Crippen LogP contribution is 2.19. The van der Waals surface area contributed by atoms with Gasteiger partial charge >= 0.3 is 0 Å². The van der Waals surface area contributed by atoms with E-state index < -0.39 is 6.10 Å². The summed E-state index contributed by atoms with van der Waals surface area (Å²) in [5, 5.41) is 10.7. The first-order valence-electron chi connectivity index (χ1n) is 8.02. The largest absolute Gasteiger partial charge is 0.390 e. The van der Waals surface area contributed by atoms with Gasteiger partial charge in [-0.05, 0) is 38.6 Å². The van der Waals surface area contributed by atoms with Gasteiger partial charge in [0.2, 0.25) is 0 Å². The number of aliphatic hydroxyl groups excluding tert-OH is 1. The molecular weight excluding hydrogens is 319 g/mol. The Kier molecular flexibility index (Phi) is 6.80. The molecule has 0 aliphatic carbocycles. The normalized spacial score (nSPS) is 24.1. The van der Waals surface area contributed by atoms with Crippen molar-refractivity contribution >= 4 is 11.6 Å². The molecule has 0 radical (unpaired) electrons. The number of morpholine rings is 1. The van der Waals surface area contributed by atoms with E-state index in [1.165, 1.54) is 12.1 Å². The van der Waals surface area contributed by atoms with E-state index in [-0.39, 0.29) is 18.0 Å². The van der Waals surface area contributed by atoms with Crippen molar-refractivity contribution in [3.05, 3.63) is 34.6 Å². The molecule has 3 atom stereocenters. The van der Waals surface area contributed by atoms with Gasteiger partial charge in [0.05, 0.1) is 18.3 Å². The second-order valence-electron chi connectivity index (χ2n) is 6.56. The van der Waals surface area contributed by atoms with Gasteiger partial charge in [-0.1, -0.05) is 17.7 Å². The first kappa shape index (κ1) is 18.6. The number of benzene rings is 1. The molecule has 1 aromatic carbocycles. The van der Waals surface area contributed by atoms with E-state index in [1.807, 2.05) is 11.9 Å². The highest BCUT2D eigenvalue weighted by molar-refractivity contribution is 6.31. The van der Waals surface area contributed by atoms with Crippen molar-refractivity contribution in [1.29, 1.82) is 0 Å². The van der Waals surface area contributed by atoms with Gasteiger partial charge in [0.25, 0.3) is 0 Å². The molecule has 2 rings (SSSR count). The summed E-state index contributed by atoms with van der Waals surface area (Å²) in [6.07, 6.45) is -0.0554. The van der Waals surface area contributed by atoms with Crippen molar-refractivity contribution in [2.24, 2.45) is 0 Å². The summed E-state index contributed by atoms with van der Waals surface area (Å²) >= 11 is 6.05. The quantitative estimate of drug-likeness (QED) is 0.859. The zero-order chi connectivity index (χ0) is 17.0. The Morgan fingerprint density at radius 2 is 2.04 bits per heavy atom. The van der Waals surface area contributed by atoms with Crippen LogP contribution in [0, 0.1) is 5.82 Å². The number of hydrogen-bond acceptors (Lipinski definition) is 4. The summed E-state index contributed by atoms with van der Waals surface area (Å²) in [4.78, 5) is 4.24. The first-order valence-corrected chi connectivity index (χ1v) is 8.39. The van der Waals surface area contributed by atoms with E-state index in [1.54, 1.807) is 6.07 Å². The number of ether oxygens (including phenoxy) is 1. The van der Waals surface area contributed by atoms with Crippen molar-refractivity contribution in [2.75, 3.05) is 33.2 Å². The predicted octanol–water partition coefficient (Wildman–Crippen LogP) is 2.38. The van der Waals surface area contributed by atoms with Crippen LogP contribution in [0.3, 0.4) is 0 Å². The van der Waals surface area contributed by atoms with Crippen molar-refractivity contribution in [1.82, 2.24) is 9.80 Å². The molecule has 130 valence electrons. The topological polar surface area (TPSA) is 35.9 Å². The number of rotatable bonds is 6. The number of halogens is 2. The fourth-order valence-electron chi connectivity index (χ4n) is 3.15. The third-order valence-electron chi connectivity index (χ3n) is 3.94. The maximum Gasteiger partial charge on any atom is 0.124 e. The van der Waals surface area contributed by atoms with Crippen LogP contribution >= 0.6 is 11.6 Å². The van der Waals surface area contributed by atoms with Crippen LogP contribution in [0.2, 0.25) is 5.02 Å². The minimum atomic E-state index is -0.447. The van der Waals surface area contributed by atoms with E-state index in [0.29, 0.717) is 24.7 Å². The Balaban J connectivity index is 1.81. The second-order valence-corrected chi connectivity index (χ2v) is 6.97. The van der Waals surface area contributed by atoms with Gasteiger partial charge in [-0.2, -0.15) is 0 Å². The van der Waals surface area contributed by atoms with Crippen LogP contribution < -0.4 is 0 Å². The zero-order valence-corrected chi connectivity index (χ0v) is 14.8. The van der Waals surface area contributed by atoms with Crippen LogP contribution in [0.1, 0.15) is 19.4 Å². The zero-order valence-electron chi connectivity index (χ0n) is 14.0. The Hall–Kier alpha value is -0.720. The van der Waals surface area contributed by atoms with Crippen molar-refractivity contribution in [3.8, 4) is 0 Å². The third-order valence-corrected chi connectivity index (χ3v) is 4.29. The molecule has 4 nitrogen and oxygen atoms in total. The van der Waals surface area contributed by atoms with Crippen LogP contribution in [0.4, 0.5) is 4.39 Å². The third kappa shape index (κ3) is 6.01. The van der Waals surface area contributed by atoms with Gasteiger partial charge in [-0.15, -0.1) is 0 Å². The summed E-state index contributed by atoms with van der Waals surface area (Å²) in [7, 11) is 1.92. The standard InChI is InChI=1S/C17H26ClFN2O2/c1-12-7-21(8-13(2)23-12)11-16(22)10-20(3)9-14-4-5-15(19)6-17(14)18/h4-6,12-13,16,22H,7-11H2,1-3H3. The minimum Gasteiger partial charge on any atom is -0.390 e. The fourth-order valence-corrected chi connectivity index (χ4v) is 3.38. The van der Waals surface area contributed by atoms with Gasteiger partial charge in [0.15, 0.2) is 0 Å². The molecular formula is C17H26ClFN2O2. The van der Waals surface area contributed by atoms with Gasteiger partial charge < -0.3 is 9.84 Å². The highest BCUT2D eigenvalue weighted by Gasteiger charge is 2.24. The lowest BCUT2D eigenvalue weighted by atomic mass is 10.2. The summed E-state index contributed by atoms with van der Waals surface area (Å²) in [5.74, 6) is -0.336. The van der Waals surface area contributed by atoms with E-state index in [2.05, 4.69) is 18.7 Å². The van der Waals surface area contributed by atoms with Crippen LogP contribution in [0.25, 0.3) is 0 Å². The van der Waals surface area contributed by atoms with Crippen molar-refractivity contribution < 1.29 is 14.2 Å². The summed E-state index contributed by atoms with van der Waals surface area (Å²) in [6, 6.07) is 4.41. The Labute approximate surface area is 142 Å². The molecule has 1 aromatic rings.